The van der Waals surface area contributed by atoms with Crippen LogP contribution < -0.4 is 9.64 Å². The summed E-state index contributed by atoms with van der Waals surface area (Å²) in [6.45, 7) is 2.53. The van der Waals surface area contributed by atoms with Crippen LogP contribution in [-0.2, 0) is 4.79 Å². The normalized spacial score (nSPS) is 19.3. The van der Waals surface area contributed by atoms with Crippen LogP contribution in [-0.4, -0.2) is 30.5 Å². The maximum Gasteiger partial charge on any atom is 0.229 e. The molecule has 2 aliphatic heterocycles. The molecular formula is C22H21N3O2S. The molecule has 6 heteroatoms. The van der Waals surface area contributed by atoms with Crippen molar-refractivity contribution in [3.05, 3.63) is 70.3 Å². The quantitative estimate of drug-likeness (QED) is 0.784. The lowest BCUT2D eigenvalue weighted by Crippen LogP contribution is -2.47. The van der Waals surface area contributed by atoms with Gasteiger partial charge < -0.3 is 9.64 Å². The van der Waals surface area contributed by atoms with E-state index in [0.717, 1.165) is 22.0 Å². The molecule has 1 amide bonds. The molecule has 1 atom stereocenters. The van der Waals surface area contributed by atoms with Crippen molar-refractivity contribution >= 4 is 23.4 Å². The van der Waals surface area contributed by atoms with E-state index in [-0.39, 0.29) is 11.8 Å². The number of nitriles is 1. The van der Waals surface area contributed by atoms with Crippen molar-refractivity contribution in [1.29, 1.82) is 5.26 Å². The molecule has 2 aliphatic rings. The molecule has 0 spiro atoms. The molecule has 2 aromatic carbocycles. The summed E-state index contributed by atoms with van der Waals surface area (Å²) in [5.74, 6) is 1.26. The van der Waals surface area contributed by atoms with E-state index in [0.29, 0.717) is 24.5 Å². The molecule has 2 heterocycles. The third-order valence-electron chi connectivity index (χ3n) is 5.19. The number of carbonyl (C=O) groups excluding carboxylic acids is 1. The van der Waals surface area contributed by atoms with Crippen LogP contribution in [0.5, 0.6) is 5.75 Å². The fourth-order valence-corrected chi connectivity index (χ4v) is 4.79. The SMILES string of the molecule is COc1cccc([C@@H]2CC(=O)N3CN(c4ccc(C)cc4)CSC3=C2C#N)c1. The van der Waals surface area contributed by atoms with Crippen LogP contribution in [0.1, 0.15) is 23.5 Å². The third-order valence-corrected chi connectivity index (χ3v) is 6.34. The number of hydrogen-bond acceptors (Lipinski definition) is 5. The summed E-state index contributed by atoms with van der Waals surface area (Å²) in [6.07, 6.45) is 0.294. The van der Waals surface area contributed by atoms with Gasteiger partial charge in [0.25, 0.3) is 0 Å². The zero-order valence-electron chi connectivity index (χ0n) is 15.9. The second kappa shape index (κ2) is 7.61. The highest BCUT2D eigenvalue weighted by Gasteiger charge is 2.38. The number of nitrogens with zero attached hydrogens (tertiary/aromatic N) is 3. The Bertz CT molecular complexity index is 978. The molecule has 0 bridgehead atoms. The standard InChI is InChI=1S/C22H21N3O2S/c1-15-6-8-17(9-7-15)24-13-25-21(26)11-19(20(12-23)22(25)28-14-24)16-4-3-5-18(10-16)27-2/h3-10,19H,11,13-14H2,1-2H3/t19-/m0/s1. The highest BCUT2D eigenvalue weighted by molar-refractivity contribution is 8.03. The molecule has 0 aliphatic carbocycles. The smallest absolute Gasteiger partial charge is 0.229 e. The summed E-state index contributed by atoms with van der Waals surface area (Å²) in [6, 6.07) is 18.3. The first-order valence-electron chi connectivity index (χ1n) is 9.13. The number of benzene rings is 2. The maximum atomic E-state index is 13.0. The second-order valence-electron chi connectivity index (χ2n) is 6.98. The van der Waals surface area contributed by atoms with Gasteiger partial charge in [0.2, 0.25) is 5.91 Å². The van der Waals surface area contributed by atoms with Crippen LogP contribution in [0.2, 0.25) is 0 Å². The van der Waals surface area contributed by atoms with Crippen molar-refractivity contribution < 1.29 is 9.53 Å². The number of thioether (sulfide) groups is 1. The summed E-state index contributed by atoms with van der Waals surface area (Å²) < 4.78 is 5.31. The highest BCUT2D eigenvalue weighted by Crippen LogP contribution is 2.43. The lowest BCUT2D eigenvalue weighted by molar-refractivity contribution is -0.129. The number of fused-ring (bicyclic) bond motifs is 1. The predicted octanol–water partition coefficient (Wildman–Crippen LogP) is 4.22. The van der Waals surface area contributed by atoms with E-state index in [9.17, 15) is 10.1 Å². The zero-order valence-corrected chi connectivity index (χ0v) is 16.7. The average molecular weight is 391 g/mol. The van der Waals surface area contributed by atoms with Gasteiger partial charge in [-0.1, -0.05) is 41.6 Å². The minimum absolute atomic E-state index is 0.0473. The lowest BCUT2D eigenvalue weighted by atomic mass is 9.86. The van der Waals surface area contributed by atoms with Gasteiger partial charge in [-0.3, -0.25) is 9.69 Å². The topological polar surface area (TPSA) is 56.6 Å². The van der Waals surface area contributed by atoms with E-state index >= 15 is 0 Å². The Morgan fingerprint density at radius 3 is 2.71 bits per heavy atom. The van der Waals surface area contributed by atoms with Crippen molar-refractivity contribution in [3.63, 3.8) is 0 Å². The van der Waals surface area contributed by atoms with Crippen LogP contribution in [0.25, 0.3) is 0 Å². The minimum Gasteiger partial charge on any atom is -0.497 e. The van der Waals surface area contributed by atoms with Gasteiger partial charge in [0.15, 0.2) is 0 Å². The van der Waals surface area contributed by atoms with E-state index in [1.165, 1.54) is 5.56 Å². The first kappa shape index (κ1) is 18.5. The van der Waals surface area contributed by atoms with Gasteiger partial charge in [-0.05, 0) is 36.8 Å². The molecule has 0 radical (unpaired) electrons. The molecule has 2 aromatic rings. The summed E-state index contributed by atoms with van der Waals surface area (Å²) in [5.41, 5.74) is 3.90. The van der Waals surface area contributed by atoms with E-state index in [1.54, 1.807) is 23.8 Å². The highest BCUT2D eigenvalue weighted by atomic mass is 32.2. The van der Waals surface area contributed by atoms with Crippen LogP contribution >= 0.6 is 11.8 Å². The zero-order chi connectivity index (χ0) is 19.7. The lowest BCUT2D eigenvalue weighted by Gasteiger charge is -2.42. The first-order chi connectivity index (χ1) is 13.6. The number of hydrogen-bond donors (Lipinski definition) is 0. The van der Waals surface area contributed by atoms with Crippen molar-refractivity contribution in [3.8, 4) is 11.8 Å². The second-order valence-corrected chi connectivity index (χ2v) is 7.91. The number of methoxy groups -OCH3 is 1. The molecule has 0 saturated carbocycles. The Morgan fingerprint density at radius 2 is 2.00 bits per heavy atom. The number of anilines is 1. The summed E-state index contributed by atoms with van der Waals surface area (Å²) in [4.78, 5) is 16.9. The first-order valence-corrected chi connectivity index (χ1v) is 10.1. The predicted molar refractivity (Wildman–Crippen MR) is 111 cm³/mol. The number of ether oxygens (including phenoxy) is 1. The molecule has 0 N–H and O–H groups in total. The molecule has 0 unspecified atom stereocenters. The molecule has 1 saturated heterocycles. The Morgan fingerprint density at radius 1 is 1.21 bits per heavy atom. The van der Waals surface area contributed by atoms with E-state index in [4.69, 9.17) is 4.74 Å². The number of rotatable bonds is 3. The average Bonchev–Trinajstić information content (AvgIpc) is 2.74. The fourth-order valence-electron chi connectivity index (χ4n) is 3.62. The molecular weight excluding hydrogens is 370 g/mol. The number of allylic oxidation sites excluding steroid dienone is 1. The van der Waals surface area contributed by atoms with Gasteiger partial charge in [-0.2, -0.15) is 5.26 Å². The minimum atomic E-state index is -0.225. The summed E-state index contributed by atoms with van der Waals surface area (Å²) in [7, 11) is 1.62. The van der Waals surface area contributed by atoms with Crippen LogP contribution in [0.15, 0.2) is 59.1 Å². The van der Waals surface area contributed by atoms with Gasteiger partial charge in [0.1, 0.15) is 5.75 Å². The largest absolute Gasteiger partial charge is 0.497 e. The molecule has 4 rings (SSSR count). The summed E-state index contributed by atoms with van der Waals surface area (Å²) >= 11 is 1.56. The van der Waals surface area contributed by atoms with Crippen molar-refractivity contribution in [2.45, 2.75) is 19.3 Å². The van der Waals surface area contributed by atoms with Crippen LogP contribution in [0, 0.1) is 18.3 Å². The van der Waals surface area contributed by atoms with E-state index in [2.05, 4.69) is 42.2 Å². The van der Waals surface area contributed by atoms with E-state index < -0.39 is 0 Å². The van der Waals surface area contributed by atoms with E-state index in [1.807, 2.05) is 24.3 Å². The molecule has 1 fully saturated rings. The maximum absolute atomic E-state index is 13.0. The van der Waals surface area contributed by atoms with Crippen molar-refractivity contribution in [1.82, 2.24) is 4.90 Å². The summed E-state index contributed by atoms with van der Waals surface area (Å²) in [5, 5.41) is 10.7. The fraction of sp³-hybridized carbons (Fsp3) is 0.273. The van der Waals surface area contributed by atoms with Crippen molar-refractivity contribution in [2.24, 2.45) is 0 Å². The van der Waals surface area contributed by atoms with Crippen LogP contribution in [0.3, 0.4) is 0 Å². The monoisotopic (exact) mass is 391 g/mol. The Hall–Kier alpha value is -2.91. The van der Waals surface area contributed by atoms with Gasteiger partial charge in [-0.25, -0.2) is 0 Å². The molecule has 142 valence electrons. The third kappa shape index (κ3) is 3.34. The van der Waals surface area contributed by atoms with Gasteiger partial charge in [0, 0.05) is 18.0 Å². The Kier molecular flexibility index (Phi) is 5.01. The number of amides is 1. The Labute approximate surface area is 169 Å². The van der Waals surface area contributed by atoms with Gasteiger partial charge >= 0.3 is 0 Å². The number of aryl methyl sites for hydroxylation is 1. The Balaban J connectivity index is 1.66. The molecule has 5 nitrogen and oxygen atoms in total. The van der Waals surface area contributed by atoms with Crippen molar-refractivity contribution in [2.75, 3.05) is 24.6 Å². The molecule has 0 aromatic heterocycles. The molecule has 28 heavy (non-hydrogen) atoms. The van der Waals surface area contributed by atoms with Gasteiger partial charge in [-0.15, -0.1) is 0 Å². The number of carbonyl (C=O) groups is 1. The van der Waals surface area contributed by atoms with Crippen LogP contribution in [0.4, 0.5) is 5.69 Å². The van der Waals surface area contributed by atoms with Gasteiger partial charge in [0.05, 0.1) is 36.3 Å².